The summed E-state index contributed by atoms with van der Waals surface area (Å²) >= 11 is 0. The molecule has 0 aliphatic carbocycles. The Morgan fingerprint density at radius 2 is 1.70 bits per heavy atom. The highest BCUT2D eigenvalue weighted by atomic mass is 16.5. The second-order valence-corrected chi connectivity index (χ2v) is 7.28. The average Bonchev–Trinajstić information content (AvgIpc) is 2.72. The third kappa shape index (κ3) is 6.72. The van der Waals surface area contributed by atoms with E-state index in [1.807, 2.05) is 45.9 Å². The Bertz CT molecular complexity index is 887. The number of aryl methyl sites for hydroxylation is 1. The first-order chi connectivity index (χ1) is 14.3. The van der Waals surface area contributed by atoms with E-state index in [2.05, 4.69) is 5.32 Å². The van der Waals surface area contributed by atoms with Crippen LogP contribution in [0.1, 0.15) is 61.0 Å². The van der Waals surface area contributed by atoms with E-state index >= 15 is 0 Å². The molecule has 1 N–H and O–H groups in total. The van der Waals surface area contributed by atoms with Crippen LogP contribution in [0.25, 0.3) is 0 Å². The largest absolute Gasteiger partial charge is 0.494 e. The number of amides is 1. The van der Waals surface area contributed by atoms with Gasteiger partial charge in [0.15, 0.2) is 12.4 Å². The van der Waals surface area contributed by atoms with Crippen LogP contribution >= 0.6 is 0 Å². The minimum Gasteiger partial charge on any atom is -0.494 e. The summed E-state index contributed by atoms with van der Waals surface area (Å²) in [7, 11) is 0. The van der Waals surface area contributed by atoms with Crippen molar-refractivity contribution in [1.29, 1.82) is 0 Å². The molecular formula is C24H29NO5. The van der Waals surface area contributed by atoms with Crippen molar-refractivity contribution in [2.24, 2.45) is 0 Å². The zero-order chi connectivity index (χ0) is 22.1. The van der Waals surface area contributed by atoms with Gasteiger partial charge in [0.25, 0.3) is 5.91 Å². The fourth-order valence-corrected chi connectivity index (χ4v) is 3.00. The van der Waals surface area contributed by atoms with Crippen molar-refractivity contribution in [3.8, 4) is 5.75 Å². The number of Topliss-reactive ketones (excluding diaryl/α,β-unsaturated/α-hetero) is 1. The van der Waals surface area contributed by atoms with Crippen LogP contribution in [0.15, 0.2) is 42.5 Å². The molecule has 160 valence electrons. The van der Waals surface area contributed by atoms with Crippen LogP contribution in [-0.4, -0.2) is 30.9 Å². The van der Waals surface area contributed by atoms with Crippen molar-refractivity contribution in [2.75, 3.05) is 18.5 Å². The zero-order valence-corrected chi connectivity index (χ0v) is 18.0. The second-order valence-electron chi connectivity index (χ2n) is 7.28. The monoisotopic (exact) mass is 411 g/mol. The van der Waals surface area contributed by atoms with Crippen LogP contribution in [0.4, 0.5) is 5.69 Å². The highest BCUT2D eigenvalue weighted by Crippen LogP contribution is 2.27. The number of ketones is 1. The summed E-state index contributed by atoms with van der Waals surface area (Å²) in [6.45, 7) is 8.06. The van der Waals surface area contributed by atoms with E-state index in [-0.39, 0.29) is 31.1 Å². The number of carbonyl (C=O) groups is 3. The van der Waals surface area contributed by atoms with Crippen LogP contribution in [0.2, 0.25) is 0 Å². The van der Waals surface area contributed by atoms with Gasteiger partial charge in [0.2, 0.25) is 0 Å². The third-order valence-electron chi connectivity index (χ3n) is 4.60. The molecule has 0 aliphatic heterocycles. The Hall–Kier alpha value is -3.15. The molecule has 0 heterocycles. The number of anilines is 1. The fraction of sp³-hybridized carbons (Fsp3) is 0.375. The molecule has 6 heteroatoms. The first-order valence-corrected chi connectivity index (χ1v) is 10.1. The van der Waals surface area contributed by atoms with Crippen molar-refractivity contribution < 1.29 is 23.9 Å². The Balaban J connectivity index is 1.80. The van der Waals surface area contributed by atoms with E-state index < -0.39 is 11.9 Å². The molecule has 0 radical (unpaired) electrons. The van der Waals surface area contributed by atoms with Crippen LogP contribution in [0.5, 0.6) is 5.75 Å². The lowest BCUT2D eigenvalue weighted by atomic mass is 9.98. The average molecular weight is 411 g/mol. The van der Waals surface area contributed by atoms with Gasteiger partial charge in [-0.15, -0.1) is 0 Å². The number of hydrogen-bond donors (Lipinski definition) is 1. The molecule has 6 nitrogen and oxygen atoms in total. The standard InChI is InChI=1S/C24H29NO5/c1-5-29-19-11-9-18(10-12-19)21(26)13-14-23(28)30-15-22(27)25-24-17(4)7-6-8-20(24)16(2)3/h6-12,16H,5,13-15H2,1-4H3,(H,25,27). The molecule has 0 bridgehead atoms. The predicted molar refractivity (Wildman–Crippen MR) is 116 cm³/mol. The summed E-state index contributed by atoms with van der Waals surface area (Å²) in [6, 6.07) is 12.6. The van der Waals surface area contributed by atoms with Gasteiger partial charge in [-0.25, -0.2) is 0 Å². The van der Waals surface area contributed by atoms with Gasteiger partial charge in [-0.1, -0.05) is 32.0 Å². The van der Waals surface area contributed by atoms with E-state index in [1.165, 1.54) is 0 Å². The molecule has 2 aromatic carbocycles. The van der Waals surface area contributed by atoms with Gasteiger partial charge in [-0.2, -0.15) is 0 Å². The topological polar surface area (TPSA) is 81.7 Å². The Kier molecular flexibility index (Phi) is 8.59. The maximum absolute atomic E-state index is 12.2. The van der Waals surface area contributed by atoms with Crippen LogP contribution in [-0.2, 0) is 14.3 Å². The maximum Gasteiger partial charge on any atom is 0.306 e. The predicted octanol–water partition coefficient (Wildman–Crippen LogP) is 4.66. The SMILES string of the molecule is CCOc1ccc(C(=O)CCC(=O)OCC(=O)Nc2c(C)cccc2C(C)C)cc1. The van der Waals surface area contributed by atoms with Gasteiger partial charge in [0.05, 0.1) is 13.0 Å². The lowest BCUT2D eigenvalue weighted by Crippen LogP contribution is -2.22. The third-order valence-corrected chi connectivity index (χ3v) is 4.60. The summed E-state index contributed by atoms with van der Waals surface area (Å²) < 4.78 is 10.4. The Labute approximate surface area is 177 Å². The molecule has 0 fully saturated rings. The summed E-state index contributed by atoms with van der Waals surface area (Å²) in [4.78, 5) is 36.4. The van der Waals surface area contributed by atoms with E-state index in [9.17, 15) is 14.4 Å². The maximum atomic E-state index is 12.2. The molecule has 0 atom stereocenters. The minimum atomic E-state index is -0.585. The summed E-state index contributed by atoms with van der Waals surface area (Å²) in [6.07, 6.45) is -0.0648. The van der Waals surface area contributed by atoms with E-state index in [1.54, 1.807) is 24.3 Å². The first kappa shape index (κ1) is 23.1. The van der Waals surface area contributed by atoms with Crippen LogP contribution in [0.3, 0.4) is 0 Å². The number of hydrogen-bond acceptors (Lipinski definition) is 5. The molecule has 0 aromatic heterocycles. The van der Waals surface area contributed by atoms with Gasteiger partial charge in [0.1, 0.15) is 5.75 Å². The molecule has 0 saturated carbocycles. The van der Waals surface area contributed by atoms with E-state index in [0.717, 1.165) is 16.8 Å². The Morgan fingerprint density at radius 3 is 2.33 bits per heavy atom. The zero-order valence-electron chi connectivity index (χ0n) is 18.0. The lowest BCUT2D eigenvalue weighted by molar-refractivity contribution is -0.147. The molecule has 2 rings (SSSR count). The number of esters is 1. The van der Waals surface area contributed by atoms with Crippen molar-refractivity contribution >= 4 is 23.3 Å². The number of nitrogens with one attached hydrogen (secondary N) is 1. The van der Waals surface area contributed by atoms with Gasteiger partial charge in [-0.3, -0.25) is 14.4 Å². The highest BCUT2D eigenvalue weighted by molar-refractivity contribution is 5.98. The summed E-state index contributed by atoms with van der Waals surface area (Å²) in [5, 5.41) is 2.83. The molecular weight excluding hydrogens is 382 g/mol. The van der Waals surface area contributed by atoms with Gasteiger partial charge < -0.3 is 14.8 Å². The second kappa shape index (κ2) is 11.1. The van der Waals surface area contributed by atoms with Gasteiger partial charge in [0, 0.05) is 17.7 Å². The smallest absolute Gasteiger partial charge is 0.306 e. The number of carbonyl (C=O) groups excluding carboxylic acids is 3. The molecule has 0 saturated heterocycles. The Morgan fingerprint density at radius 1 is 1.00 bits per heavy atom. The van der Waals surface area contributed by atoms with Gasteiger partial charge >= 0.3 is 5.97 Å². The fourth-order valence-electron chi connectivity index (χ4n) is 3.00. The van der Waals surface area contributed by atoms with Crippen molar-refractivity contribution in [3.05, 3.63) is 59.2 Å². The van der Waals surface area contributed by atoms with Crippen molar-refractivity contribution in [3.63, 3.8) is 0 Å². The van der Waals surface area contributed by atoms with Crippen LogP contribution in [0, 0.1) is 6.92 Å². The van der Waals surface area contributed by atoms with E-state index in [4.69, 9.17) is 9.47 Å². The molecule has 1 amide bonds. The molecule has 30 heavy (non-hydrogen) atoms. The van der Waals surface area contributed by atoms with Gasteiger partial charge in [-0.05, 0) is 55.2 Å². The summed E-state index contributed by atoms with van der Waals surface area (Å²) in [5.74, 6) is -0.221. The number of benzene rings is 2. The van der Waals surface area contributed by atoms with Crippen molar-refractivity contribution in [2.45, 2.75) is 46.5 Å². The highest BCUT2D eigenvalue weighted by Gasteiger charge is 2.15. The lowest BCUT2D eigenvalue weighted by Gasteiger charge is -2.16. The van der Waals surface area contributed by atoms with E-state index in [0.29, 0.717) is 17.9 Å². The van der Waals surface area contributed by atoms with Crippen LogP contribution < -0.4 is 10.1 Å². The number of rotatable bonds is 10. The molecule has 2 aromatic rings. The molecule has 0 aliphatic rings. The number of para-hydroxylation sites is 1. The first-order valence-electron chi connectivity index (χ1n) is 10.1. The minimum absolute atomic E-state index is 0.0176. The quantitative estimate of drug-likeness (QED) is 0.454. The molecule has 0 spiro atoms. The summed E-state index contributed by atoms with van der Waals surface area (Å²) in [5.41, 5.74) is 3.22. The molecule has 0 unspecified atom stereocenters. The normalized spacial score (nSPS) is 10.6. The van der Waals surface area contributed by atoms with Crippen molar-refractivity contribution in [1.82, 2.24) is 0 Å². The number of ether oxygens (including phenoxy) is 2.